The molecule has 2 saturated heterocycles. The number of carbonyl (C=O) groups is 1. The standard InChI is InChI=1S/C14H28N4O3S/c1-3-16(4-2)14(19)13-15-9-11-18(12-10-15)22(20,21)17-7-5-6-8-17/h3-13H2,1-2H3. The van der Waals surface area contributed by atoms with Crippen molar-refractivity contribution in [3.63, 3.8) is 0 Å². The van der Waals surface area contributed by atoms with Gasteiger partial charge in [-0.3, -0.25) is 9.69 Å². The SMILES string of the molecule is CCN(CC)C(=O)CN1CCN(S(=O)(=O)N2CCCC2)CC1. The van der Waals surface area contributed by atoms with Crippen LogP contribution in [0, 0.1) is 0 Å². The first-order chi connectivity index (χ1) is 10.5. The molecule has 0 atom stereocenters. The third-order valence-electron chi connectivity index (χ3n) is 4.52. The zero-order chi connectivity index (χ0) is 16.2. The van der Waals surface area contributed by atoms with Gasteiger partial charge in [0.2, 0.25) is 5.91 Å². The minimum atomic E-state index is -3.29. The van der Waals surface area contributed by atoms with Gasteiger partial charge in [0, 0.05) is 52.4 Å². The highest BCUT2D eigenvalue weighted by molar-refractivity contribution is 7.86. The van der Waals surface area contributed by atoms with Crippen LogP contribution in [0.2, 0.25) is 0 Å². The fraction of sp³-hybridized carbons (Fsp3) is 0.929. The molecule has 2 fully saturated rings. The number of nitrogens with zero attached hydrogens (tertiary/aromatic N) is 4. The summed E-state index contributed by atoms with van der Waals surface area (Å²) in [5.41, 5.74) is 0. The molecule has 2 rings (SSSR count). The van der Waals surface area contributed by atoms with Crippen molar-refractivity contribution in [1.82, 2.24) is 18.4 Å². The molecule has 22 heavy (non-hydrogen) atoms. The summed E-state index contributed by atoms with van der Waals surface area (Å²) in [6, 6.07) is 0. The zero-order valence-corrected chi connectivity index (χ0v) is 14.5. The van der Waals surface area contributed by atoms with Crippen LogP contribution in [0.5, 0.6) is 0 Å². The molecule has 1 amide bonds. The van der Waals surface area contributed by atoms with Crippen LogP contribution in [-0.4, -0.2) is 91.6 Å². The first-order valence-electron chi connectivity index (χ1n) is 8.24. The maximum atomic E-state index is 12.5. The average molecular weight is 332 g/mol. The summed E-state index contributed by atoms with van der Waals surface area (Å²) >= 11 is 0. The van der Waals surface area contributed by atoms with Gasteiger partial charge in [0.1, 0.15) is 0 Å². The molecular formula is C14H28N4O3S. The molecular weight excluding hydrogens is 304 g/mol. The van der Waals surface area contributed by atoms with E-state index in [1.807, 2.05) is 18.7 Å². The minimum Gasteiger partial charge on any atom is -0.342 e. The van der Waals surface area contributed by atoms with Gasteiger partial charge in [0.15, 0.2) is 0 Å². The molecule has 7 nitrogen and oxygen atoms in total. The highest BCUT2D eigenvalue weighted by atomic mass is 32.2. The molecule has 0 spiro atoms. The Bertz CT molecular complexity index is 464. The third kappa shape index (κ3) is 3.98. The molecule has 0 aromatic carbocycles. The molecule has 0 N–H and O–H groups in total. The summed E-state index contributed by atoms with van der Waals surface area (Å²) in [7, 11) is -3.29. The van der Waals surface area contributed by atoms with E-state index in [0.717, 1.165) is 25.9 Å². The molecule has 128 valence electrons. The second kappa shape index (κ2) is 7.72. The Hall–Kier alpha value is -0.700. The van der Waals surface area contributed by atoms with Crippen LogP contribution in [0.3, 0.4) is 0 Å². The van der Waals surface area contributed by atoms with Crippen LogP contribution < -0.4 is 0 Å². The molecule has 0 saturated carbocycles. The molecule has 0 radical (unpaired) electrons. The van der Waals surface area contributed by atoms with E-state index in [4.69, 9.17) is 0 Å². The number of carbonyl (C=O) groups excluding carboxylic acids is 1. The second-order valence-electron chi connectivity index (χ2n) is 5.86. The molecule has 0 aliphatic carbocycles. The Morgan fingerprint density at radius 2 is 1.41 bits per heavy atom. The minimum absolute atomic E-state index is 0.126. The average Bonchev–Trinajstić information content (AvgIpc) is 3.04. The lowest BCUT2D eigenvalue weighted by Crippen LogP contribution is -2.54. The van der Waals surface area contributed by atoms with Gasteiger partial charge in [0.25, 0.3) is 10.2 Å². The van der Waals surface area contributed by atoms with Crippen molar-refractivity contribution >= 4 is 16.1 Å². The maximum absolute atomic E-state index is 12.5. The summed E-state index contributed by atoms with van der Waals surface area (Å²) in [4.78, 5) is 16.0. The number of rotatable bonds is 6. The number of hydrogen-bond acceptors (Lipinski definition) is 4. The smallest absolute Gasteiger partial charge is 0.282 e. The van der Waals surface area contributed by atoms with E-state index in [9.17, 15) is 13.2 Å². The van der Waals surface area contributed by atoms with E-state index >= 15 is 0 Å². The molecule has 0 bridgehead atoms. The quantitative estimate of drug-likeness (QED) is 0.676. The largest absolute Gasteiger partial charge is 0.342 e. The van der Waals surface area contributed by atoms with Gasteiger partial charge >= 0.3 is 0 Å². The van der Waals surface area contributed by atoms with Gasteiger partial charge in [-0.25, -0.2) is 0 Å². The highest BCUT2D eigenvalue weighted by Gasteiger charge is 2.34. The molecule has 0 aromatic heterocycles. The summed E-state index contributed by atoms with van der Waals surface area (Å²) < 4.78 is 28.1. The third-order valence-corrected chi connectivity index (χ3v) is 6.56. The summed E-state index contributed by atoms with van der Waals surface area (Å²) in [6.45, 7) is 9.27. The lowest BCUT2D eigenvalue weighted by atomic mass is 10.3. The van der Waals surface area contributed by atoms with Crippen LogP contribution in [0.25, 0.3) is 0 Å². The molecule has 8 heteroatoms. The Morgan fingerprint density at radius 3 is 1.91 bits per heavy atom. The number of amides is 1. The Labute approximate surface area is 134 Å². The van der Waals surface area contributed by atoms with Crippen molar-refractivity contribution in [3.05, 3.63) is 0 Å². The monoisotopic (exact) mass is 332 g/mol. The zero-order valence-electron chi connectivity index (χ0n) is 13.7. The van der Waals surface area contributed by atoms with Gasteiger partial charge in [-0.15, -0.1) is 0 Å². The van der Waals surface area contributed by atoms with E-state index in [1.165, 1.54) is 0 Å². The van der Waals surface area contributed by atoms with Gasteiger partial charge < -0.3 is 4.90 Å². The van der Waals surface area contributed by atoms with Crippen molar-refractivity contribution in [3.8, 4) is 0 Å². The van der Waals surface area contributed by atoms with Crippen LogP contribution in [0.15, 0.2) is 0 Å². The van der Waals surface area contributed by atoms with Crippen molar-refractivity contribution in [2.24, 2.45) is 0 Å². The predicted octanol–water partition coefficient (Wildman–Crippen LogP) is -0.187. The number of piperazine rings is 1. The summed E-state index contributed by atoms with van der Waals surface area (Å²) in [5.74, 6) is 0.126. The number of likely N-dealkylation sites (N-methyl/N-ethyl adjacent to an activating group) is 1. The van der Waals surface area contributed by atoms with Crippen molar-refractivity contribution < 1.29 is 13.2 Å². The van der Waals surface area contributed by atoms with E-state index in [1.54, 1.807) is 8.61 Å². The Balaban J connectivity index is 1.84. The maximum Gasteiger partial charge on any atom is 0.282 e. The molecule has 0 unspecified atom stereocenters. The molecule has 2 heterocycles. The van der Waals surface area contributed by atoms with Gasteiger partial charge in [0.05, 0.1) is 6.54 Å². The Morgan fingerprint density at radius 1 is 0.909 bits per heavy atom. The van der Waals surface area contributed by atoms with E-state index < -0.39 is 10.2 Å². The van der Waals surface area contributed by atoms with Crippen LogP contribution >= 0.6 is 0 Å². The van der Waals surface area contributed by atoms with Gasteiger partial charge in [-0.2, -0.15) is 17.0 Å². The van der Waals surface area contributed by atoms with Gasteiger partial charge in [-0.1, -0.05) is 0 Å². The normalized spacial score (nSPS) is 22.1. The van der Waals surface area contributed by atoms with Gasteiger partial charge in [-0.05, 0) is 26.7 Å². The van der Waals surface area contributed by atoms with Crippen LogP contribution in [-0.2, 0) is 15.0 Å². The Kier molecular flexibility index (Phi) is 6.19. The molecule has 2 aliphatic rings. The fourth-order valence-electron chi connectivity index (χ4n) is 3.07. The van der Waals surface area contributed by atoms with E-state index in [0.29, 0.717) is 45.8 Å². The van der Waals surface area contributed by atoms with Crippen LogP contribution in [0.1, 0.15) is 26.7 Å². The molecule has 2 aliphatic heterocycles. The van der Waals surface area contributed by atoms with E-state index in [-0.39, 0.29) is 5.91 Å². The first kappa shape index (κ1) is 17.7. The van der Waals surface area contributed by atoms with Crippen molar-refractivity contribution in [2.45, 2.75) is 26.7 Å². The predicted molar refractivity (Wildman–Crippen MR) is 85.7 cm³/mol. The van der Waals surface area contributed by atoms with Crippen molar-refractivity contribution in [2.75, 3.05) is 58.9 Å². The van der Waals surface area contributed by atoms with Crippen LogP contribution in [0.4, 0.5) is 0 Å². The summed E-state index contributed by atoms with van der Waals surface area (Å²) in [6.07, 6.45) is 1.91. The second-order valence-corrected chi connectivity index (χ2v) is 7.78. The van der Waals surface area contributed by atoms with Crippen molar-refractivity contribution in [1.29, 1.82) is 0 Å². The topological polar surface area (TPSA) is 64.2 Å². The first-order valence-corrected chi connectivity index (χ1v) is 9.64. The van der Waals surface area contributed by atoms with E-state index in [2.05, 4.69) is 4.90 Å². The lowest BCUT2D eigenvalue weighted by molar-refractivity contribution is -0.132. The fourth-order valence-corrected chi connectivity index (χ4v) is 4.74. The summed E-state index contributed by atoms with van der Waals surface area (Å²) in [5, 5.41) is 0. The number of hydrogen-bond donors (Lipinski definition) is 0. The lowest BCUT2D eigenvalue weighted by Gasteiger charge is -2.36. The highest BCUT2D eigenvalue weighted by Crippen LogP contribution is 2.18. The molecule has 0 aromatic rings.